The Morgan fingerprint density at radius 1 is 1.29 bits per heavy atom. The number of halogens is 4. The Morgan fingerprint density at radius 3 is 2.86 bits per heavy atom. The molecule has 9 nitrogen and oxygen atoms in total. The minimum Gasteiger partial charge on any atom is -0.479 e. The smallest absolute Gasteiger partial charge is 0.433 e. The molecule has 1 fully saturated rings. The summed E-state index contributed by atoms with van der Waals surface area (Å²) in [5, 5.41) is 2.53. The van der Waals surface area contributed by atoms with Crippen LogP contribution in [0.2, 0.25) is 0 Å². The van der Waals surface area contributed by atoms with Crippen LogP contribution < -0.4 is 20.5 Å². The predicted molar refractivity (Wildman–Crippen MR) is 113 cm³/mol. The van der Waals surface area contributed by atoms with Crippen molar-refractivity contribution in [1.82, 2.24) is 4.98 Å². The number of amidine groups is 1. The molecule has 4 heterocycles. The first-order chi connectivity index (χ1) is 16.6. The number of carbonyl (C=O) groups is 1. The molecule has 5 rings (SSSR count). The first kappa shape index (κ1) is 23.1. The molecular formula is C22H20F4N4O5. The minimum atomic E-state index is -3.51. The number of ether oxygens (including phenoxy) is 4. The van der Waals surface area contributed by atoms with E-state index in [2.05, 4.69) is 20.0 Å². The number of nitrogens with zero attached hydrogens (tertiary/aromatic N) is 2. The predicted octanol–water partition coefficient (Wildman–Crippen LogP) is 2.75. The molecule has 1 aromatic carbocycles. The molecule has 35 heavy (non-hydrogen) atoms. The third-order valence-electron chi connectivity index (χ3n) is 6.19. The van der Waals surface area contributed by atoms with Gasteiger partial charge in [-0.25, -0.2) is 18.8 Å². The van der Waals surface area contributed by atoms with Crippen LogP contribution in [-0.2, 0) is 15.0 Å². The van der Waals surface area contributed by atoms with Gasteiger partial charge in [0.25, 0.3) is 11.9 Å². The number of pyridine rings is 1. The van der Waals surface area contributed by atoms with Gasteiger partial charge in [-0.15, -0.1) is 0 Å². The van der Waals surface area contributed by atoms with E-state index < -0.39 is 54.8 Å². The summed E-state index contributed by atoms with van der Waals surface area (Å²) in [4.78, 5) is 20.7. The van der Waals surface area contributed by atoms with Gasteiger partial charge < -0.3 is 30.0 Å². The minimum absolute atomic E-state index is 0.0721. The van der Waals surface area contributed by atoms with Gasteiger partial charge in [-0.2, -0.15) is 8.78 Å². The number of aromatic nitrogens is 1. The zero-order valence-corrected chi connectivity index (χ0v) is 18.3. The van der Waals surface area contributed by atoms with Crippen molar-refractivity contribution in [3.05, 3.63) is 47.5 Å². The van der Waals surface area contributed by atoms with Crippen molar-refractivity contribution >= 4 is 17.6 Å². The summed E-state index contributed by atoms with van der Waals surface area (Å²) in [6.07, 6.45) is -3.61. The third kappa shape index (κ3) is 3.99. The van der Waals surface area contributed by atoms with Gasteiger partial charge in [0.2, 0.25) is 0 Å². The van der Waals surface area contributed by atoms with Crippen molar-refractivity contribution in [2.75, 3.05) is 25.2 Å². The molecular weight excluding hydrogens is 476 g/mol. The Balaban J connectivity index is 1.44. The number of aliphatic imine (C=N–C) groups is 1. The Morgan fingerprint density at radius 2 is 2.09 bits per heavy atom. The molecule has 3 N–H and O–H groups in total. The number of carbonyl (C=O) groups excluding carboxylic acids is 1. The molecule has 0 bridgehead atoms. The maximum absolute atomic E-state index is 15.0. The molecule has 3 aliphatic heterocycles. The fourth-order valence-electron chi connectivity index (χ4n) is 4.49. The van der Waals surface area contributed by atoms with Crippen LogP contribution in [0.5, 0.6) is 11.5 Å². The summed E-state index contributed by atoms with van der Waals surface area (Å²) in [6, 6.07) is 4.45. The highest BCUT2D eigenvalue weighted by Crippen LogP contribution is 2.46. The number of benzene rings is 1. The highest BCUT2D eigenvalue weighted by Gasteiger charge is 2.55. The first-order valence-corrected chi connectivity index (χ1v) is 10.6. The summed E-state index contributed by atoms with van der Waals surface area (Å²) in [5.41, 5.74) is 3.89. The van der Waals surface area contributed by atoms with E-state index in [4.69, 9.17) is 19.9 Å². The van der Waals surface area contributed by atoms with Gasteiger partial charge in [-0.05, 0) is 25.1 Å². The van der Waals surface area contributed by atoms with Crippen molar-refractivity contribution < 1.29 is 41.3 Å². The van der Waals surface area contributed by atoms with Crippen LogP contribution in [0.4, 0.5) is 23.2 Å². The third-order valence-corrected chi connectivity index (χ3v) is 6.19. The maximum Gasteiger partial charge on any atom is 0.433 e. The van der Waals surface area contributed by atoms with E-state index in [9.17, 15) is 18.0 Å². The SMILES string of the molecule is C[C@H]1OC[C@H]2[C@@H]1OC(N)=N[C@]2(CF)c1cc(NC(=O)c2cc3c(cn2)OC(F)(F)CO3)ccc1F. The number of alkyl halides is 3. The average molecular weight is 496 g/mol. The largest absolute Gasteiger partial charge is 0.479 e. The lowest BCUT2D eigenvalue weighted by molar-refractivity contribution is -0.209. The number of amides is 1. The van der Waals surface area contributed by atoms with E-state index in [0.29, 0.717) is 0 Å². The number of anilines is 1. The Labute approximate surface area is 196 Å². The second-order valence-corrected chi connectivity index (χ2v) is 8.43. The summed E-state index contributed by atoms with van der Waals surface area (Å²) in [5.74, 6) is -2.56. The highest BCUT2D eigenvalue weighted by molar-refractivity contribution is 6.03. The Hall–Kier alpha value is -3.61. The standard InChI is InChI=1S/C22H20F4N4O5/c1-10-18-13(7-32-10)21(8-23,30-20(27)34-18)12-4-11(2-3-14(12)24)29-19(31)15-5-16-17(6-28-15)35-22(25,26)9-33-16/h2-6,10,13,18H,7-9H2,1H3,(H2,27,30)(H,29,31)/t10-,13+,18-,21-/m1/s1. The molecule has 1 saturated heterocycles. The summed E-state index contributed by atoms with van der Waals surface area (Å²) in [7, 11) is 0. The topological polar surface area (TPSA) is 117 Å². The molecule has 2 aromatic rings. The number of hydrogen-bond donors (Lipinski definition) is 2. The molecule has 1 amide bonds. The molecule has 4 atom stereocenters. The highest BCUT2D eigenvalue weighted by atomic mass is 19.3. The summed E-state index contributed by atoms with van der Waals surface area (Å²) in [6.45, 7) is -0.296. The van der Waals surface area contributed by atoms with Crippen LogP contribution in [0.15, 0.2) is 35.5 Å². The molecule has 0 spiro atoms. The molecule has 0 radical (unpaired) electrons. The second-order valence-electron chi connectivity index (χ2n) is 8.43. The average Bonchev–Trinajstić information content (AvgIpc) is 3.19. The van der Waals surface area contributed by atoms with Gasteiger partial charge in [0.1, 0.15) is 29.8 Å². The molecule has 3 aliphatic rings. The number of nitrogens with one attached hydrogen (secondary N) is 1. The van der Waals surface area contributed by atoms with Crippen molar-refractivity contribution in [2.24, 2.45) is 16.6 Å². The van der Waals surface area contributed by atoms with E-state index in [1.165, 1.54) is 12.1 Å². The monoisotopic (exact) mass is 496 g/mol. The van der Waals surface area contributed by atoms with Gasteiger partial charge >= 0.3 is 6.11 Å². The lowest BCUT2D eigenvalue weighted by Gasteiger charge is -2.40. The van der Waals surface area contributed by atoms with Crippen LogP contribution in [0, 0.1) is 11.7 Å². The van der Waals surface area contributed by atoms with Crippen LogP contribution in [0.1, 0.15) is 23.0 Å². The molecule has 0 saturated carbocycles. The van der Waals surface area contributed by atoms with Crippen molar-refractivity contribution in [1.29, 1.82) is 0 Å². The number of nitrogens with two attached hydrogens (primary N) is 1. The van der Waals surface area contributed by atoms with E-state index in [-0.39, 0.29) is 41.1 Å². The molecule has 0 aliphatic carbocycles. The molecule has 13 heteroatoms. The fourth-order valence-corrected chi connectivity index (χ4v) is 4.49. The Kier molecular flexibility index (Phi) is 5.46. The first-order valence-electron chi connectivity index (χ1n) is 10.6. The van der Waals surface area contributed by atoms with Crippen LogP contribution >= 0.6 is 0 Å². The number of fused-ring (bicyclic) bond motifs is 2. The summed E-state index contributed by atoms with van der Waals surface area (Å²) < 4.78 is 76.7. The van der Waals surface area contributed by atoms with Gasteiger partial charge in [-0.1, -0.05) is 0 Å². The van der Waals surface area contributed by atoms with Gasteiger partial charge in [0.15, 0.2) is 18.1 Å². The van der Waals surface area contributed by atoms with Crippen LogP contribution in [0.25, 0.3) is 0 Å². The molecule has 1 aromatic heterocycles. The Bertz CT molecular complexity index is 1210. The van der Waals surface area contributed by atoms with Crippen LogP contribution in [0.3, 0.4) is 0 Å². The van der Waals surface area contributed by atoms with Gasteiger partial charge in [0.05, 0.1) is 24.8 Å². The van der Waals surface area contributed by atoms with Crippen LogP contribution in [-0.4, -0.2) is 55.1 Å². The zero-order chi connectivity index (χ0) is 25.0. The van der Waals surface area contributed by atoms with E-state index in [1.54, 1.807) is 6.92 Å². The number of hydrogen-bond acceptors (Lipinski definition) is 8. The lowest BCUT2D eigenvalue weighted by Crippen LogP contribution is -2.51. The normalized spacial score (nSPS) is 28.5. The lowest BCUT2D eigenvalue weighted by atomic mass is 9.75. The van der Waals surface area contributed by atoms with E-state index in [0.717, 1.165) is 18.3 Å². The van der Waals surface area contributed by atoms with Crippen molar-refractivity contribution in [3.8, 4) is 11.5 Å². The van der Waals surface area contributed by atoms with Crippen molar-refractivity contribution in [2.45, 2.75) is 30.8 Å². The van der Waals surface area contributed by atoms with E-state index >= 15 is 4.39 Å². The molecule has 186 valence electrons. The van der Waals surface area contributed by atoms with E-state index in [1.807, 2.05) is 0 Å². The van der Waals surface area contributed by atoms with Gasteiger partial charge in [-0.3, -0.25) is 4.79 Å². The zero-order valence-electron chi connectivity index (χ0n) is 18.3. The maximum atomic E-state index is 15.0. The quantitative estimate of drug-likeness (QED) is 0.625. The van der Waals surface area contributed by atoms with Crippen molar-refractivity contribution in [3.63, 3.8) is 0 Å². The molecule has 0 unspecified atom stereocenters. The summed E-state index contributed by atoms with van der Waals surface area (Å²) >= 11 is 0. The second kappa shape index (κ2) is 8.26. The van der Waals surface area contributed by atoms with Gasteiger partial charge in [0, 0.05) is 17.3 Å². The number of rotatable bonds is 4. The fraction of sp³-hybridized carbons (Fsp3) is 0.409.